The number of Topliss-reactive ketones (excluding diaryl/α,β-unsaturated/α-hetero) is 1. The van der Waals surface area contributed by atoms with Gasteiger partial charge in [0.05, 0.1) is 0 Å². The third kappa shape index (κ3) is 2.46. The van der Waals surface area contributed by atoms with Gasteiger partial charge in [-0.1, -0.05) is 18.9 Å². The van der Waals surface area contributed by atoms with Gasteiger partial charge in [-0.2, -0.15) is 0 Å². The van der Waals surface area contributed by atoms with Crippen molar-refractivity contribution in [2.75, 3.05) is 0 Å². The summed E-state index contributed by atoms with van der Waals surface area (Å²) in [4.78, 5) is 12.3. The van der Waals surface area contributed by atoms with Gasteiger partial charge in [-0.3, -0.25) is 4.79 Å². The molecule has 21 heavy (non-hydrogen) atoms. The van der Waals surface area contributed by atoms with Gasteiger partial charge in [-0.25, -0.2) is 0 Å². The zero-order chi connectivity index (χ0) is 15.0. The summed E-state index contributed by atoms with van der Waals surface area (Å²) in [6.45, 7) is 3.82. The Morgan fingerprint density at radius 1 is 1.38 bits per heavy atom. The summed E-state index contributed by atoms with van der Waals surface area (Å²) in [7, 11) is 0. The Bertz CT molecular complexity index is 635. The van der Waals surface area contributed by atoms with Crippen LogP contribution in [0, 0.1) is 23.2 Å². The van der Waals surface area contributed by atoms with Crippen LogP contribution in [-0.2, 0) is 11.2 Å². The molecule has 0 saturated heterocycles. The lowest BCUT2D eigenvalue weighted by molar-refractivity contribution is -0.125. The second-order valence-corrected chi connectivity index (χ2v) is 6.80. The first kappa shape index (κ1) is 14.2. The highest BCUT2D eigenvalue weighted by atomic mass is 16.3. The molecule has 0 aliphatic heterocycles. The van der Waals surface area contributed by atoms with Crippen molar-refractivity contribution in [1.82, 2.24) is 0 Å². The summed E-state index contributed by atoms with van der Waals surface area (Å²) >= 11 is 0. The van der Waals surface area contributed by atoms with E-state index in [1.807, 2.05) is 6.07 Å². The Morgan fingerprint density at radius 2 is 2.19 bits per heavy atom. The van der Waals surface area contributed by atoms with Gasteiger partial charge in [-0.15, -0.1) is 0 Å². The number of phenolic OH excluding ortho intramolecular Hbond substituents is 1. The third-order valence-electron chi connectivity index (χ3n) is 5.39. The number of phenols is 1. The van der Waals surface area contributed by atoms with E-state index in [9.17, 15) is 9.90 Å². The highest BCUT2D eigenvalue weighted by molar-refractivity contribution is 5.99. The van der Waals surface area contributed by atoms with E-state index in [-0.39, 0.29) is 11.2 Å². The van der Waals surface area contributed by atoms with Crippen LogP contribution >= 0.6 is 0 Å². The van der Waals surface area contributed by atoms with Crippen LogP contribution in [0.25, 0.3) is 0 Å². The molecule has 3 atom stereocenters. The number of aryl methyl sites for hydroxylation is 1. The Balaban J connectivity index is 1.86. The lowest BCUT2D eigenvalue weighted by Gasteiger charge is -2.44. The van der Waals surface area contributed by atoms with Crippen LogP contribution < -0.4 is 0 Å². The maximum atomic E-state index is 12.3. The standard InChI is InChI=1S/C19H22O2/c1-3-4-18(21)19(2)10-9-17-14(12-19)6-5-13-11-15(20)7-8-16(13)17/h7-8,11,14,17,20H,5-6,9-10,12H2,1-2H3/t14?,17?,19-/m0/s1. The van der Waals surface area contributed by atoms with E-state index in [1.165, 1.54) is 11.1 Å². The molecule has 0 amide bonds. The Hall–Kier alpha value is -1.75. The molecule has 2 nitrogen and oxygen atoms in total. The summed E-state index contributed by atoms with van der Waals surface area (Å²) in [5.41, 5.74) is 2.41. The van der Waals surface area contributed by atoms with Gasteiger partial charge in [0.2, 0.25) is 5.78 Å². The fraction of sp³-hybridized carbons (Fsp3) is 0.526. The predicted octanol–water partition coefficient (Wildman–Crippen LogP) is 3.82. The van der Waals surface area contributed by atoms with Gasteiger partial charge < -0.3 is 5.11 Å². The third-order valence-corrected chi connectivity index (χ3v) is 5.39. The normalized spacial score (nSPS) is 30.6. The Kier molecular flexibility index (Phi) is 3.53. The van der Waals surface area contributed by atoms with E-state index in [0.717, 1.165) is 32.1 Å². The van der Waals surface area contributed by atoms with E-state index in [4.69, 9.17) is 0 Å². The number of hydrogen-bond donors (Lipinski definition) is 1. The highest BCUT2D eigenvalue weighted by Gasteiger charge is 2.43. The van der Waals surface area contributed by atoms with E-state index in [0.29, 0.717) is 17.6 Å². The van der Waals surface area contributed by atoms with Gasteiger partial charge >= 0.3 is 0 Å². The van der Waals surface area contributed by atoms with Gasteiger partial charge in [-0.05, 0) is 80.0 Å². The number of hydrogen-bond acceptors (Lipinski definition) is 2. The maximum absolute atomic E-state index is 12.3. The lowest BCUT2D eigenvalue weighted by Crippen LogP contribution is -2.38. The molecule has 0 bridgehead atoms. The molecule has 2 heteroatoms. The minimum Gasteiger partial charge on any atom is -0.508 e. The van der Waals surface area contributed by atoms with Gasteiger partial charge in [0.15, 0.2) is 0 Å². The molecular formula is C19H22O2. The molecule has 2 unspecified atom stereocenters. The summed E-state index contributed by atoms with van der Waals surface area (Å²) in [6.07, 6.45) is 5.04. The largest absolute Gasteiger partial charge is 0.508 e. The molecule has 0 spiro atoms. The molecule has 2 aliphatic carbocycles. The van der Waals surface area contributed by atoms with Gasteiger partial charge in [0.1, 0.15) is 5.75 Å². The molecule has 1 aromatic rings. The molecular weight excluding hydrogens is 260 g/mol. The summed E-state index contributed by atoms with van der Waals surface area (Å²) in [5.74, 6) is 7.10. The van der Waals surface area contributed by atoms with Crippen molar-refractivity contribution >= 4 is 5.78 Å². The van der Waals surface area contributed by atoms with Crippen LogP contribution in [0.15, 0.2) is 18.2 Å². The first-order valence-corrected chi connectivity index (χ1v) is 7.82. The van der Waals surface area contributed by atoms with Crippen molar-refractivity contribution in [3.05, 3.63) is 29.3 Å². The Labute approximate surface area is 126 Å². The Morgan fingerprint density at radius 3 is 2.95 bits per heavy atom. The summed E-state index contributed by atoms with van der Waals surface area (Å²) in [5, 5.41) is 9.64. The highest BCUT2D eigenvalue weighted by Crippen LogP contribution is 2.51. The molecule has 3 rings (SSSR count). The van der Waals surface area contributed by atoms with Crippen LogP contribution in [0.3, 0.4) is 0 Å². The summed E-state index contributed by atoms with van der Waals surface area (Å²) in [6, 6.07) is 5.79. The molecule has 1 fully saturated rings. The maximum Gasteiger partial charge on any atom is 0.211 e. The fourth-order valence-corrected chi connectivity index (χ4v) is 4.23. The number of ketones is 1. The van der Waals surface area contributed by atoms with Crippen molar-refractivity contribution < 1.29 is 9.90 Å². The van der Waals surface area contributed by atoms with Crippen LogP contribution in [0.2, 0.25) is 0 Å². The molecule has 0 aromatic heterocycles. The molecule has 2 aliphatic rings. The average molecular weight is 282 g/mol. The molecule has 0 heterocycles. The first-order valence-electron chi connectivity index (χ1n) is 7.82. The van der Waals surface area contributed by atoms with Crippen molar-refractivity contribution in [1.29, 1.82) is 0 Å². The van der Waals surface area contributed by atoms with Gasteiger partial charge in [0, 0.05) is 5.41 Å². The number of rotatable bonds is 1. The van der Waals surface area contributed by atoms with Gasteiger partial charge in [0.25, 0.3) is 0 Å². The van der Waals surface area contributed by atoms with Crippen LogP contribution in [-0.4, -0.2) is 10.9 Å². The lowest BCUT2D eigenvalue weighted by atomic mass is 9.59. The molecule has 110 valence electrons. The van der Waals surface area contributed by atoms with Crippen LogP contribution in [0.1, 0.15) is 56.6 Å². The number of carbonyl (C=O) groups is 1. The van der Waals surface area contributed by atoms with Crippen molar-refractivity contribution in [2.45, 2.75) is 51.9 Å². The quantitative estimate of drug-likeness (QED) is 0.628. The average Bonchev–Trinajstić information content (AvgIpc) is 2.47. The van der Waals surface area contributed by atoms with E-state index in [1.54, 1.807) is 13.0 Å². The van der Waals surface area contributed by atoms with Crippen molar-refractivity contribution in [2.24, 2.45) is 11.3 Å². The molecule has 1 saturated carbocycles. The monoisotopic (exact) mass is 282 g/mol. The van der Waals surface area contributed by atoms with Crippen molar-refractivity contribution in [3.8, 4) is 17.6 Å². The number of benzene rings is 1. The zero-order valence-electron chi connectivity index (χ0n) is 12.8. The SMILES string of the molecule is CC#CC(=O)[C@@]1(C)CCC2c3ccc(O)cc3CCC2C1. The molecule has 0 radical (unpaired) electrons. The van der Waals surface area contributed by atoms with Crippen LogP contribution in [0.5, 0.6) is 5.75 Å². The predicted molar refractivity (Wildman–Crippen MR) is 83.1 cm³/mol. The van der Waals surface area contributed by atoms with Crippen molar-refractivity contribution in [3.63, 3.8) is 0 Å². The second-order valence-electron chi connectivity index (χ2n) is 6.80. The fourth-order valence-electron chi connectivity index (χ4n) is 4.23. The van der Waals surface area contributed by atoms with E-state index >= 15 is 0 Å². The minimum atomic E-state index is -0.265. The topological polar surface area (TPSA) is 37.3 Å². The number of carbonyl (C=O) groups excluding carboxylic acids is 1. The minimum absolute atomic E-state index is 0.111. The van der Waals surface area contributed by atoms with E-state index < -0.39 is 0 Å². The number of fused-ring (bicyclic) bond motifs is 3. The summed E-state index contributed by atoms with van der Waals surface area (Å²) < 4.78 is 0. The van der Waals surface area contributed by atoms with Crippen LogP contribution in [0.4, 0.5) is 0 Å². The molecule has 1 aromatic carbocycles. The zero-order valence-corrected chi connectivity index (χ0v) is 12.8. The number of aromatic hydroxyl groups is 1. The molecule has 1 N–H and O–H groups in total. The second kappa shape index (κ2) is 5.22. The smallest absolute Gasteiger partial charge is 0.211 e. The first-order chi connectivity index (χ1) is 10.0. The van der Waals surface area contributed by atoms with E-state index in [2.05, 4.69) is 24.8 Å².